The number of aryl methyl sites for hydroxylation is 1. The number of pyridine rings is 1. The molecule has 2 nitrogen and oxygen atoms in total. The lowest BCUT2D eigenvalue weighted by molar-refractivity contribution is 0.315. The smallest absolute Gasteiger partial charge is 0.0547 e. The molecule has 1 aromatic heterocycles. The summed E-state index contributed by atoms with van der Waals surface area (Å²) in [7, 11) is 2.13. The van der Waals surface area contributed by atoms with Gasteiger partial charge in [0, 0.05) is 22.4 Å². The van der Waals surface area contributed by atoms with Crippen molar-refractivity contribution < 1.29 is 0 Å². The highest BCUT2D eigenvalue weighted by Gasteiger charge is 2.03. The maximum atomic E-state index is 4.53. The number of halogens is 1. The minimum Gasteiger partial charge on any atom is -0.296 e. The van der Waals surface area contributed by atoms with Crippen LogP contribution in [-0.4, -0.2) is 16.9 Å². The number of hydrogen-bond acceptors (Lipinski definition) is 2. The van der Waals surface area contributed by atoms with Crippen LogP contribution in [0.4, 0.5) is 0 Å². The minimum atomic E-state index is 0.883. The minimum absolute atomic E-state index is 0.883. The third-order valence-electron chi connectivity index (χ3n) is 2.74. The lowest BCUT2D eigenvalue weighted by atomic mass is 10.2. The quantitative estimate of drug-likeness (QED) is 0.782. The van der Waals surface area contributed by atoms with E-state index < -0.39 is 0 Å². The summed E-state index contributed by atoms with van der Waals surface area (Å²) in [6.45, 7) is 3.86. The van der Waals surface area contributed by atoms with Crippen molar-refractivity contribution in [1.29, 1.82) is 0 Å². The van der Waals surface area contributed by atoms with Crippen LogP contribution < -0.4 is 0 Å². The van der Waals surface area contributed by atoms with Gasteiger partial charge in [0.1, 0.15) is 0 Å². The first-order valence-electron chi connectivity index (χ1n) is 5.99. The molecule has 0 aliphatic heterocycles. The molecule has 2 aromatic rings. The van der Waals surface area contributed by atoms with Gasteiger partial charge in [0.15, 0.2) is 0 Å². The summed E-state index contributed by atoms with van der Waals surface area (Å²) >= 11 is 2.33. The van der Waals surface area contributed by atoms with E-state index >= 15 is 0 Å². The Kier molecular flexibility index (Phi) is 4.72. The Bertz CT molecular complexity index is 508. The third-order valence-corrected chi connectivity index (χ3v) is 3.46. The van der Waals surface area contributed by atoms with E-state index in [0.29, 0.717) is 0 Å². The normalized spacial score (nSPS) is 10.9. The van der Waals surface area contributed by atoms with Gasteiger partial charge in [-0.3, -0.25) is 9.88 Å². The predicted molar refractivity (Wildman–Crippen MR) is 83.3 cm³/mol. The first-order chi connectivity index (χ1) is 8.63. The van der Waals surface area contributed by atoms with E-state index in [0.717, 1.165) is 24.5 Å². The van der Waals surface area contributed by atoms with E-state index in [9.17, 15) is 0 Å². The topological polar surface area (TPSA) is 16.1 Å². The molecule has 94 valence electrons. The molecular formula is C15H17IN2. The van der Waals surface area contributed by atoms with Crippen LogP contribution in [0.15, 0.2) is 42.5 Å². The van der Waals surface area contributed by atoms with Gasteiger partial charge in [-0.05, 0) is 66.4 Å². The van der Waals surface area contributed by atoms with Crippen LogP contribution in [0.5, 0.6) is 0 Å². The van der Waals surface area contributed by atoms with Gasteiger partial charge >= 0.3 is 0 Å². The molecule has 0 unspecified atom stereocenters. The molecule has 3 heteroatoms. The van der Waals surface area contributed by atoms with E-state index in [1.807, 2.05) is 13.0 Å². The van der Waals surface area contributed by atoms with Crippen LogP contribution in [0.2, 0.25) is 0 Å². The summed E-state index contributed by atoms with van der Waals surface area (Å²) in [5, 5.41) is 0. The predicted octanol–water partition coefficient (Wildman–Crippen LogP) is 3.63. The summed E-state index contributed by atoms with van der Waals surface area (Å²) < 4.78 is 1.28. The van der Waals surface area contributed by atoms with E-state index in [1.54, 1.807) is 0 Å². The van der Waals surface area contributed by atoms with Gasteiger partial charge in [-0.15, -0.1) is 0 Å². The van der Waals surface area contributed by atoms with Crippen LogP contribution in [0.3, 0.4) is 0 Å². The maximum Gasteiger partial charge on any atom is 0.0547 e. The zero-order chi connectivity index (χ0) is 13.0. The zero-order valence-corrected chi connectivity index (χ0v) is 12.9. The van der Waals surface area contributed by atoms with Crippen molar-refractivity contribution in [3.05, 3.63) is 63.0 Å². The monoisotopic (exact) mass is 352 g/mol. The lowest BCUT2D eigenvalue weighted by Crippen LogP contribution is -2.18. The number of aromatic nitrogens is 1. The van der Waals surface area contributed by atoms with E-state index in [4.69, 9.17) is 0 Å². The molecule has 2 rings (SSSR count). The van der Waals surface area contributed by atoms with Gasteiger partial charge in [-0.2, -0.15) is 0 Å². The third kappa shape index (κ3) is 4.07. The van der Waals surface area contributed by atoms with Crippen LogP contribution in [-0.2, 0) is 13.1 Å². The Balaban J connectivity index is 1.96. The Hall–Kier alpha value is -0.940. The van der Waals surface area contributed by atoms with Crippen LogP contribution in [0.1, 0.15) is 17.0 Å². The second kappa shape index (κ2) is 6.29. The van der Waals surface area contributed by atoms with E-state index in [-0.39, 0.29) is 0 Å². The van der Waals surface area contributed by atoms with E-state index in [1.165, 1.54) is 9.13 Å². The van der Waals surface area contributed by atoms with Gasteiger partial charge in [0.05, 0.1) is 5.69 Å². The molecule has 18 heavy (non-hydrogen) atoms. The second-order valence-electron chi connectivity index (χ2n) is 4.57. The van der Waals surface area contributed by atoms with Crippen molar-refractivity contribution in [1.82, 2.24) is 9.88 Å². The summed E-state index contributed by atoms with van der Waals surface area (Å²) in [5.74, 6) is 0. The molecule has 1 aromatic carbocycles. The molecule has 0 amide bonds. The zero-order valence-electron chi connectivity index (χ0n) is 10.7. The fourth-order valence-electron chi connectivity index (χ4n) is 1.92. The molecule has 1 heterocycles. The summed E-state index contributed by atoms with van der Waals surface area (Å²) in [5.41, 5.74) is 3.55. The summed E-state index contributed by atoms with van der Waals surface area (Å²) in [6.07, 6.45) is 0. The summed E-state index contributed by atoms with van der Waals surface area (Å²) in [4.78, 5) is 6.81. The maximum absolute atomic E-state index is 4.53. The second-order valence-corrected chi connectivity index (χ2v) is 5.81. The number of nitrogens with zero attached hydrogens (tertiary/aromatic N) is 2. The molecule has 0 fully saturated rings. The standard InChI is InChI=1S/C15H17IN2/c1-12-4-3-5-15(17-12)11-18(2)10-13-6-8-14(16)9-7-13/h3-9H,10-11H2,1-2H3. The molecule has 0 radical (unpaired) electrons. The highest BCUT2D eigenvalue weighted by Crippen LogP contribution is 2.10. The Morgan fingerprint density at radius 3 is 2.44 bits per heavy atom. The first-order valence-corrected chi connectivity index (χ1v) is 7.07. The Labute approximate surface area is 122 Å². The number of hydrogen-bond donors (Lipinski definition) is 0. The fraction of sp³-hybridized carbons (Fsp3) is 0.267. The molecule has 0 atom stereocenters. The highest BCUT2D eigenvalue weighted by molar-refractivity contribution is 14.1. The highest BCUT2D eigenvalue weighted by atomic mass is 127. The Morgan fingerprint density at radius 2 is 1.78 bits per heavy atom. The van der Waals surface area contributed by atoms with Crippen LogP contribution >= 0.6 is 22.6 Å². The summed E-state index contributed by atoms with van der Waals surface area (Å²) in [6, 6.07) is 14.8. The van der Waals surface area contributed by atoms with Gasteiger partial charge in [0.25, 0.3) is 0 Å². The van der Waals surface area contributed by atoms with Crippen molar-refractivity contribution in [3.8, 4) is 0 Å². The van der Waals surface area contributed by atoms with Crippen LogP contribution in [0.25, 0.3) is 0 Å². The van der Waals surface area contributed by atoms with Gasteiger partial charge in [0.2, 0.25) is 0 Å². The van der Waals surface area contributed by atoms with Crippen molar-refractivity contribution in [2.45, 2.75) is 20.0 Å². The average molecular weight is 352 g/mol. The SMILES string of the molecule is Cc1cccc(CN(C)Cc2ccc(I)cc2)n1. The van der Waals surface area contributed by atoms with Gasteiger partial charge in [-0.1, -0.05) is 18.2 Å². The molecule has 0 N–H and O–H groups in total. The fourth-order valence-corrected chi connectivity index (χ4v) is 2.28. The molecule has 0 saturated heterocycles. The van der Waals surface area contributed by atoms with Crippen molar-refractivity contribution in [3.63, 3.8) is 0 Å². The van der Waals surface area contributed by atoms with Gasteiger partial charge < -0.3 is 0 Å². The molecule has 0 spiro atoms. The largest absolute Gasteiger partial charge is 0.296 e. The number of rotatable bonds is 4. The van der Waals surface area contributed by atoms with Crippen molar-refractivity contribution in [2.24, 2.45) is 0 Å². The number of benzene rings is 1. The molecule has 0 aliphatic carbocycles. The van der Waals surface area contributed by atoms with Crippen LogP contribution in [0, 0.1) is 10.5 Å². The Morgan fingerprint density at radius 1 is 1.06 bits per heavy atom. The first kappa shape index (κ1) is 13.5. The molecule has 0 bridgehead atoms. The molecule has 0 saturated carbocycles. The average Bonchev–Trinajstić information content (AvgIpc) is 2.32. The van der Waals surface area contributed by atoms with Gasteiger partial charge in [-0.25, -0.2) is 0 Å². The van der Waals surface area contributed by atoms with Crippen molar-refractivity contribution >= 4 is 22.6 Å². The lowest BCUT2D eigenvalue weighted by Gasteiger charge is -2.16. The van der Waals surface area contributed by atoms with E-state index in [2.05, 4.69) is 75.9 Å². The van der Waals surface area contributed by atoms with Crippen molar-refractivity contribution in [2.75, 3.05) is 7.05 Å². The molecular weight excluding hydrogens is 335 g/mol. The molecule has 0 aliphatic rings.